The van der Waals surface area contributed by atoms with E-state index in [1.54, 1.807) is 6.92 Å². The Kier molecular flexibility index (Phi) is 4.60. The summed E-state index contributed by atoms with van der Waals surface area (Å²) in [6.07, 6.45) is 0.612. The number of rotatable bonds is 6. The molecule has 82 valence electrons. The topological polar surface area (TPSA) is 74.6 Å². The molecule has 1 unspecified atom stereocenters. The summed E-state index contributed by atoms with van der Waals surface area (Å²) in [7, 11) is 0. The average molecular weight is 202 g/mol. The first-order valence-corrected chi connectivity index (χ1v) is 4.73. The highest BCUT2D eigenvalue weighted by molar-refractivity contribution is 5.75. The highest BCUT2D eigenvalue weighted by Crippen LogP contribution is 2.31. The van der Waals surface area contributed by atoms with Gasteiger partial charge in [-0.05, 0) is 25.7 Å². The van der Waals surface area contributed by atoms with Crippen LogP contribution in [0.1, 0.15) is 40.0 Å². The van der Waals surface area contributed by atoms with Gasteiger partial charge in [-0.3, -0.25) is 9.59 Å². The minimum Gasteiger partial charge on any atom is -0.481 e. The molecular formula is C10H18O4. The molecule has 0 amide bonds. The van der Waals surface area contributed by atoms with E-state index in [2.05, 4.69) is 0 Å². The van der Waals surface area contributed by atoms with Crippen LogP contribution in [0.5, 0.6) is 0 Å². The molecule has 0 spiro atoms. The lowest BCUT2D eigenvalue weighted by Crippen LogP contribution is -2.30. The molecule has 0 aromatic carbocycles. The number of carboxylic acid groups (broad SMARTS) is 2. The predicted molar refractivity (Wildman–Crippen MR) is 52.1 cm³/mol. The molecule has 0 aliphatic heterocycles. The molecule has 4 nitrogen and oxygen atoms in total. The fraction of sp³-hybridized carbons (Fsp3) is 0.800. The Hall–Kier alpha value is -1.06. The Balaban J connectivity index is 4.39. The van der Waals surface area contributed by atoms with E-state index in [4.69, 9.17) is 10.2 Å². The molecule has 14 heavy (non-hydrogen) atoms. The van der Waals surface area contributed by atoms with Crippen molar-refractivity contribution in [3.05, 3.63) is 0 Å². The Morgan fingerprint density at radius 2 is 1.79 bits per heavy atom. The van der Waals surface area contributed by atoms with Gasteiger partial charge in [0.25, 0.3) is 0 Å². The zero-order valence-corrected chi connectivity index (χ0v) is 8.91. The van der Waals surface area contributed by atoms with Gasteiger partial charge in [0, 0.05) is 6.42 Å². The third kappa shape index (κ3) is 4.25. The van der Waals surface area contributed by atoms with Crippen LogP contribution in [0.2, 0.25) is 0 Å². The SMILES string of the molecule is CC(C)CC(C)(CCC(=O)O)C(=O)O. The normalized spacial score (nSPS) is 15.1. The Labute approximate surface area is 83.9 Å². The minimum absolute atomic E-state index is 0.0878. The highest BCUT2D eigenvalue weighted by atomic mass is 16.4. The predicted octanol–water partition coefficient (Wildman–Crippen LogP) is 1.99. The van der Waals surface area contributed by atoms with Crippen molar-refractivity contribution in [1.82, 2.24) is 0 Å². The van der Waals surface area contributed by atoms with Crippen molar-refractivity contribution in [3.8, 4) is 0 Å². The standard InChI is InChI=1S/C10H18O4/c1-7(2)6-10(3,9(13)14)5-4-8(11)12/h7H,4-6H2,1-3H3,(H,11,12)(H,13,14). The van der Waals surface area contributed by atoms with Crippen molar-refractivity contribution >= 4 is 11.9 Å². The van der Waals surface area contributed by atoms with Crippen molar-refractivity contribution in [1.29, 1.82) is 0 Å². The summed E-state index contributed by atoms with van der Waals surface area (Å²) >= 11 is 0. The zero-order valence-electron chi connectivity index (χ0n) is 8.91. The maximum absolute atomic E-state index is 11.0. The van der Waals surface area contributed by atoms with E-state index in [1.807, 2.05) is 13.8 Å². The number of carbonyl (C=O) groups is 2. The van der Waals surface area contributed by atoms with Crippen LogP contribution >= 0.6 is 0 Å². The number of hydrogen-bond donors (Lipinski definition) is 2. The van der Waals surface area contributed by atoms with Gasteiger partial charge in [0.2, 0.25) is 0 Å². The Morgan fingerprint density at radius 3 is 2.07 bits per heavy atom. The third-order valence-electron chi connectivity index (χ3n) is 2.27. The maximum Gasteiger partial charge on any atom is 0.309 e. The molecule has 0 saturated carbocycles. The monoisotopic (exact) mass is 202 g/mol. The zero-order chi connectivity index (χ0) is 11.4. The van der Waals surface area contributed by atoms with Crippen molar-refractivity contribution in [3.63, 3.8) is 0 Å². The lowest BCUT2D eigenvalue weighted by atomic mass is 9.78. The van der Waals surface area contributed by atoms with Crippen LogP contribution in [-0.4, -0.2) is 22.2 Å². The quantitative estimate of drug-likeness (QED) is 0.690. The number of carboxylic acids is 2. The molecule has 0 saturated heterocycles. The molecule has 0 aliphatic carbocycles. The summed E-state index contributed by atoms with van der Waals surface area (Å²) in [5, 5.41) is 17.5. The second-order valence-corrected chi connectivity index (χ2v) is 4.36. The van der Waals surface area contributed by atoms with Crippen molar-refractivity contribution in [2.75, 3.05) is 0 Å². The summed E-state index contributed by atoms with van der Waals surface area (Å²) in [5.74, 6) is -1.60. The number of hydrogen-bond acceptors (Lipinski definition) is 2. The Morgan fingerprint density at radius 1 is 1.29 bits per heavy atom. The molecule has 2 N–H and O–H groups in total. The van der Waals surface area contributed by atoms with E-state index in [0.717, 1.165) is 0 Å². The van der Waals surface area contributed by atoms with Crippen LogP contribution in [-0.2, 0) is 9.59 Å². The molecule has 0 aromatic rings. The van der Waals surface area contributed by atoms with Crippen LogP contribution in [0.3, 0.4) is 0 Å². The van der Waals surface area contributed by atoms with Crippen LogP contribution in [0.4, 0.5) is 0 Å². The van der Waals surface area contributed by atoms with Gasteiger partial charge in [0.1, 0.15) is 0 Å². The van der Waals surface area contributed by atoms with Gasteiger partial charge < -0.3 is 10.2 Å². The second kappa shape index (κ2) is 4.98. The largest absolute Gasteiger partial charge is 0.481 e. The van der Waals surface area contributed by atoms with Gasteiger partial charge in [0.05, 0.1) is 5.41 Å². The summed E-state index contributed by atoms with van der Waals surface area (Å²) < 4.78 is 0. The number of aliphatic carboxylic acids is 2. The summed E-state index contributed by atoms with van der Waals surface area (Å²) in [5.41, 5.74) is -0.910. The van der Waals surface area contributed by atoms with Gasteiger partial charge >= 0.3 is 11.9 Å². The molecule has 0 aliphatic rings. The molecule has 0 radical (unpaired) electrons. The first-order valence-electron chi connectivity index (χ1n) is 4.73. The van der Waals surface area contributed by atoms with Crippen LogP contribution in [0, 0.1) is 11.3 Å². The van der Waals surface area contributed by atoms with E-state index < -0.39 is 17.4 Å². The molecule has 0 aromatic heterocycles. The molecular weight excluding hydrogens is 184 g/mol. The second-order valence-electron chi connectivity index (χ2n) is 4.36. The van der Waals surface area contributed by atoms with Crippen molar-refractivity contribution in [2.24, 2.45) is 11.3 Å². The Bertz CT molecular complexity index is 222. The fourth-order valence-electron chi connectivity index (χ4n) is 1.58. The third-order valence-corrected chi connectivity index (χ3v) is 2.27. The molecule has 0 bridgehead atoms. The maximum atomic E-state index is 11.0. The van der Waals surface area contributed by atoms with Crippen LogP contribution < -0.4 is 0 Å². The van der Waals surface area contributed by atoms with Crippen LogP contribution in [0.15, 0.2) is 0 Å². The van der Waals surface area contributed by atoms with E-state index in [0.29, 0.717) is 6.42 Å². The minimum atomic E-state index is -0.943. The molecule has 0 rings (SSSR count). The van der Waals surface area contributed by atoms with Gasteiger partial charge in [-0.2, -0.15) is 0 Å². The molecule has 0 heterocycles. The fourth-order valence-corrected chi connectivity index (χ4v) is 1.58. The van der Waals surface area contributed by atoms with Crippen molar-refractivity contribution < 1.29 is 19.8 Å². The lowest BCUT2D eigenvalue weighted by molar-refractivity contribution is -0.150. The highest BCUT2D eigenvalue weighted by Gasteiger charge is 2.33. The van der Waals surface area contributed by atoms with Gasteiger partial charge in [-0.1, -0.05) is 13.8 Å². The van der Waals surface area contributed by atoms with E-state index >= 15 is 0 Å². The molecule has 0 fully saturated rings. The van der Waals surface area contributed by atoms with Gasteiger partial charge in [-0.15, -0.1) is 0 Å². The molecule has 4 heteroatoms. The smallest absolute Gasteiger partial charge is 0.309 e. The van der Waals surface area contributed by atoms with E-state index in [-0.39, 0.29) is 18.8 Å². The van der Waals surface area contributed by atoms with Gasteiger partial charge in [0.15, 0.2) is 0 Å². The summed E-state index contributed by atoms with van der Waals surface area (Å²) in [6, 6.07) is 0. The molecule has 1 atom stereocenters. The van der Waals surface area contributed by atoms with Gasteiger partial charge in [-0.25, -0.2) is 0 Å². The first kappa shape index (κ1) is 12.9. The average Bonchev–Trinajstić information content (AvgIpc) is 1.99. The van der Waals surface area contributed by atoms with Crippen LogP contribution in [0.25, 0.3) is 0 Å². The first-order chi connectivity index (χ1) is 6.28. The van der Waals surface area contributed by atoms with Crippen molar-refractivity contribution in [2.45, 2.75) is 40.0 Å². The van der Waals surface area contributed by atoms with E-state index in [9.17, 15) is 9.59 Å². The summed E-state index contributed by atoms with van der Waals surface area (Å²) in [4.78, 5) is 21.3. The summed E-state index contributed by atoms with van der Waals surface area (Å²) in [6.45, 7) is 5.47. The lowest BCUT2D eigenvalue weighted by Gasteiger charge is -2.25. The van der Waals surface area contributed by atoms with E-state index in [1.165, 1.54) is 0 Å².